The fourth-order valence-electron chi connectivity index (χ4n) is 1.83. The molecule has 124 valence electrons. The van der Waals surface area contributed by atoms with Crippen molar-refractivity contribution in [2.45, 2.75) is 6.36 Å². The lowest BCUT2D eigenvalue weighted by Crippen LogP contribution is -2.21. The van der Waals surface area contributed by atoms with Crippen LogP contribution in [0.5, 0.6) is 5.75 Å². The van der Waals surface area contributed by atoms with Gasteiger partial charge in [0.1, 0.15) is 5.75 Å². The fraction of sp³-hybridized carbons (Fsp3) is 0.125. The van der Waals surface area contributed by atoms with Crippen molar-refractivity contribution in [1.82, 2.24) is 0 Å². The monoisotopic (exact) mass is 335 g/mol. The number of amides is 1. The number of nitriles is 1. The van der Waals surface area contributed by atoms with Crippen molar-refractivity contribution in [3.05, 3.63) is 54.1 Å². The number of hydrogen-bond acceptors (Lipinski definition) is 4. The second-order valence-corrected chi connectivity index (χ2v) is 4.67. The quantitative estimate of drug-likeness (QED) is 0.877. The average molecular weight is 335 g/mol. The third kappa shape index (κ3) is 5.53. The van der Waals surface area contributed by atoms with E-state index in [9.17, 15) is 18.0 Å². The van der Waals surface area contributed by atoms with Crippen LogP contribution < -0.4 is 15.4 Å². The van der Waals surface area contributed by atoms with Gasteiger partial charge in [0, 0.05) is 11.4 Å². The Labute approximate surface area is 135 Å². The van der Waals surface area contributed by atoms with Crippen molar-refractivity contribution in [2.75, 3.05) is 17.2 Å². The normalized spacial score (nSPS) is 10.6. The average Bonchev–Trinajstić information content (AvgIpc) is 2.53. The molecule has 5 nitrogen and oxygen atoms in total. The highest BCUT2D eigenvalue weighted by Gasteiger charge is 2.30. The summed E-state index contributed by atoms with van der Waals surface area (Å²) in [6.45, 7) is -0.0870. The maximum Gasteiger partial charge on any atom is 0.573 e. The Kier molecular flexibility index (Phi) is 5.27. The molecule has 0 unspecified atom stereocenters. The third-order valence-electron chi connectivity index (χ3n) is 2.82. The number of ether oxygens (including phenoxy) is 1. The number of hydrogen-bond donors (Lipinski definition) is 2. The Hall–Kier alpha value is -3.21. The zero-order valence-corrected chi connectivity index (χ0v) is 12.2. The molecule has 0 saturated heterocycles. The van der Waals surface area contributed by atoms with Crippen LogP contribution in [-0.2, 0) is 4.79 Å². The Balaban J connectivity index is 1.86. The van der Waals surface area contributed by atoms with E-state index in [1.165, 1.54) is 18.2 Å². The third-order valence-corrected chi connectivity index (χ3v) is 2.82. The fourth-order valence-corrected chi connectivity index (χ4v) is 1.83. The van der Waals surface area contributed by atoms with Gasteiger partial charge in [0.25, 0.3) is 0 Å². The molecule has 0 aliphatic rings. The smallest absolute Gasteiger partial charge is 0.406 e. The first kappa shape index (κ1) is 17.1. The number of nitrogens with one attached hydrogen (secondary N) is 2. The van der Waals surface area contributed by atoms with Gasteiger partial charge in [0.15, 0.2) is 0 Å². The standard InChI is InChI=1S/C16H12F3N3O2/c17-16(18,19)24-14-6-4-12(5-7-14)21-10-15(23)22-13-3-1-2-11(8-13)9-20/h1-8,21H,10H2,(H,22,23). The zero-order valence-electron chi connectivity index (χ0n) is 12.2. The molecule has 0 radical (unpaired) electrons. The van der Waals surface area contributed by atoms with Gasteiger partial charge in [-0.15, -0.1) is 13.2 Å². The molecule has 2 rings (SSSR count). The van der Waals surface area contributed by atoms with Crippen LogP contribution in [0.25, 0.3) is 0 Å². The highest BCUT2D eigenvalue weighted by molar-refractivity contribution is 5.93. The van der Waals surface area contributed by atoms with Crippen LogP contribution in [0, 0.1) is 11.3 Å². The van der Waals surface area contributed by atoms with E-state index in [0.29, 0.717) is 16.9 Å². The molecule has 0 aliphatic carbocycles. The van der Waals surface area contributed by atoms with Crippen LogP contribution in [0.15, 0.2) is 48.5 Å². The topological polar surface area (TPSA) is 74.2 Å². The van der Waals surface area contributed by atoms with Crippen LogP contribution >= 0.6 is 0 Å². The first-order chi connectivity index (χ1) is 11.4. The summed E-state index contributed by atoms with van der Waals surface area (Å²) in [5, 5.41) is 14.2. The van der Waals surface area contributed by atoms with Gasteiger partial charge in [-0.25, -0.2) is 0 Å². The molecule has 0 bridgehead atoms. The maximum absolute atomic E-state index is 12.0. The number of halogens is 3. The largest absolute Gasteiger partial charge is 0.573 e. The Morgan fingerprint density at radius 3 is 2.46 bits per heavy atom. The minimum absolute atomic E-state index is 0.0870. The molecule has 2 N–H and O–H groups in total. The Morgan fingerprint density at radius 2 is 1.83 bits per heavy atom. The maximum atomic E-state index is 12.0. The van der Waals surface area contributed by atoms with Gasteiger partial charge in [-0.1, -0.05) is 6.07 Å². The van der Waals surface area contributed by atoms with Crippen molar-refractivity contribution in [2.24, 2.45) is 0 Å². The van der Waals surface area contributed by atoms with Crippen molar-refractivity contribution >= 4 is 17.3 Å². The van der Waals surface area contributed by atoms with Crippen LogP contribution in [0.2, 0.25) is 0 Å². The molecule has 2 aromatic carbocycles. The van der Waals surface area contributed by atoms with Gasteiger partial charge in [-0.3, -0.25) is 4.79 Å². The number of nitrogens with zero attached hydrogens (tertiary/aromatic N) is 1. The minimum atomic E-state index is -4.74. The van der Waals surface area contributed by atoms with Gasteiger partial charge in [-0.05, 0) is 42.5 Å². The summed E-state index contributed by atoms with van der Waals surface area (Å²) in [6.07, 6.45) is -4.74. The summed E-state index contributed by atoms with van der Waals surface area (Å²) in [6, 6.07) is 13.4. The summed E-state index contributed by atoms with van der Waals surface area (Å²) in [5.74, 6) is -0.702. The molecule has 0 spiro atoms. The molecule has 0 aromatic heterocycles. The number of carbonyl (C=O) groups is 1. The van der Waals surface area contributed by atoms with E-state index in [1.807, 2.05) is 6.07 Å². The van der Waals surface area contributed by atoms with Crippen molar-refractivity contribution in [3.8, 4) is 11.8 Å². The Morgan fingerprint density at radius 1 is 1.12 bits per heavy atom. The van der Waals surface area contributed by atoms with E-state index in [-0.39, 0.29) is 18.2 Å². The summed E-state index contributed by atoms with van der Waals surface area (Å²) in [7, 11) is 0. The number of anilines is 2. The van der Waals surface area contributed by atoms with Gasteiger partial charge in [-0.2, -0.15) is 5.26 Å². The minimum Gasteiger partial charge on any atom is -0.406 e. The molecule has 2 aromatic rings. The molecular formula is C16H12F3N3O2. The lowest BCUT2D eigenvalue weighted by Gasteiger charge is -2.10. The predicted molar refractivity (Wildman–Crippen MR) is 81.4 cm³/mol. The number of benzene rings is 2. The van der Waals surface area contributed by atoms with Crippen LogP contribution in [0.3, 0.4) is 0 Å². The summed E-state index contributed by atoms with van der Waals surface area (Å²) >= 11 is 0. The van der Waals surface area contributed by atoms with Crippen molar-refractivity contribution in [1.29, 1.82) is 5.26 Å². The van der Waals surface area contributed by atoms with Gasteiger partial charge < -0.3 is 15.4 Å². The molecule has 0 fully saturated rings. The number of alkyl halides is 3. The van der Waals surface area contributed by atoms with Crippen LogP contribution in [0.4, 0.5) is 24.5 Å². The van der Waals surface area contributed by atoms with Crippen molar-refractivity contribution < 1.29 is 22.7 Å². The molecule has 8 heteroatoms. The van der Waals surface area contributed by atoms with E-state index < -0.39 is 6.36 Å². The number of carbonyl (C=O) groups excluding carboxylic acids is 1. The molecule has 0 heterocycles. The van der Waals surface area contributed by atoms with E-state index in [0.717, 1.165) is 12.1 Å². The lowest BCUT2D eigenvalue weighted by atomic mass is 10.2. The predicted octanol–water partition coefficient (Wildman–Crippen LogP) is 3.51. The highest BCUT2D eigenvalue weighted by atomic mass is 19.4. The van der Waals surface area contributed by atoms with Crippen LogP contribution in [-0.4, -0.2) is 18.8 Å². The van der Waals surface area contributed by atoms with Crippen molar-refractivity contribution in [3.63, 3.8) is 0 Å². The second kappa shape index (κ2) is 7.37. The molecule has 0 atom stereocenters. The first-order valence-corrected chi connectivity index (χ1v) is 6.75. The van der Waals surface area contributed by atoms with E-state index in [2.05, 4.69) is 15.4 Å². The zero-order chi connectivity index (χ0) is 17.6. The highest BCUT2D eigenvalue weighted by Crippen LogP contribution is 2.23. The summed E-state index contributed by atoms with van der Waals surface area (Å²) in [4.78, 5) is 11.8. The van der Waals surface area contributed by atoms with Gasteiger partial charge >= 0.3 is 6.36 Å². The van der Waals surface area contributed by atoms with E-state index in [1.54, 1.807) is 18.2 Å². The summed E-state index contributed by atoms with van der Waals surface area (Å²) < 4.78 is 39.9. The second-order valence-electron chi connectivity index (χ2n) is 4.67. The van der Waals surface area contributed by atoms with E-state index in [4.69, 9.17) is 5.26 Å². The van der Waals surface area contributed by atoms with Gasteiger partial charge in [0.2, 0.25) is 5.91 Å². The number of rotatable bonds is 5. The SMILES string of the molecule is N#Cc1cccc(NC(=O)CNc2ccc(OC(F)(F)F)cc2)c1. The van der Waals surface area contributed by atoms with Gasteiger partial charge in [0.05, 0.1) is 18.2 Å². The first-order valence-electron chi connectivity index (χ1n) is 6.75. The Bertz CT molecular complexity index is 752. The molecule has 0 saturated carbocycles. The molecule has 0 aliphatic heterocycles. The van der Waals surface area contributed by atoms with Crippen LogP contribution in [0.1, 0.15) is 5.56 Å². The lowest BCUT2D eigenvalue weighted by molar-refractivity contribution is -0.274. The molecular weight excluding hydrogens is 323 g/mol. The van der Waals surface area contributed by atoms with E-state index >= 15 is 0 Å². The summed E-state index contributed by atoms with van der Waals surface area (Å²) in [5.41, 5.74) is 1.36. The molecule has 1 amide bonds. The molecule has 24 heavy (non-hydrogen) atoms.